The normalized spacial score (nSPS) is 10.2. The zero-order chi connectivity index (χ0) is 17.2. The highest BCUT2D eigenvalue weighted by molar-refractivity contribution is 5.89. The summed E-state index contributed by atoms with van der Waals surface area (Å²) in [7, 11) is 2.63. The maximum absolute atomic E-state index is 11.5. The summed E-state index contributed by atoms with van der Waals surface area (Å²) in [6.07, 6.45) is 0.781. The molecule has 1 aromatic carbocycles. The van der Waals surface area contributed by atoms with Crippen LogP contribution in [-0.2, 0) is 25.5 Å². The molecule has 0 aliphatic carbocycles. The summed E-state index contributed by atoms with van der Waals surface area (Å²) >= 11 is 0. The van der Waals surface area contributed by atoms with Crippen LogP contribution in [0.4, 0.5) is 0 Å². The molecule has 0 amide bonds. The molecule has 0 saturated carbocycles. The van der Waals surface area contributed by atoms with E-state index in [0.717, 1.165) is 6.42 Å². The molecule has 5 heteroatoms. The highest BCUT2D eigenvalue weighted by Gasteiger charge is 2.16. The maximum atomic E-state index is 11.5. The topological polar surface area (TPSA) is 55.8 Å². The lowest BCUT2D eigenvalue weighted by Crippen LogP contribution is -2.33. The Morgan fingerprint density at radius 3 is 1.87 bits per heavy atom. The lowest BCUT2D eigenvalue weighted by Gasteiger charge is -2.23. The Bertz CT molecular complexity index is 536. The average Bonchev–Trinajstić information content (AvgIpc) is 2.58. The lowest BCUT2D eigenvalue weighted by atomic mass is 10.1. The van der Waals surface area contributed by atoms with Crippen LogP contribution < -0.4 is 0 Å². The molecule has 124 valence electrons. The van der Waals surface area contributed by atoms with Gasteiger partial charge in [-0.3, -0.25) is 4.90 Å². The van der Waals surface area contributed by atoms with Gasteiger partial charge >= 0.3 is 11.9 Å². The standard InChI is InChI=1S/C18H23NO4/c1-14(17(20)22-3)12-19(13-15(2)18(21)23-4)11-10-16-8-6-5-7-9-16/h5-9H,1-2,10-13H2,3-4H3. The fourth-order valence-electron chi connectivity index (χ4n) is 2.10. The number of nitrogens with zero attached hydrogens (tertiary/aromatic N) is 1. The molecule has 0 atom stereocenters. The minimum Gasteiger partial charge on any atom is -0.466 e. The third kappa shape index (κ3) is 6.48. The number of esters is 2. The van der Waals surface area contributed by atoms with E-state index < -0.39 is 11.9 Å². The molecule has 23 heavy (non-hydrogen) atoms. The van der Waals surface area contributed by atoms with Crippen LogP contribution in [0.1, 0.15) is 5.56 Å². The first kappa shape index (κ1) is 18.6. The van der Waals surface area contributed by atoms with Crippen LogP contribution in [0.3, 0.4) is 0 Å². The molecule has 0 fully saturated rings. The van der Waals surface area contributed by atoms with Crippen molar-refractivity contribution < 1.29 is 19.1 Å². The van der Waals surface area contributed by atoms with Crippen LogP contribution in [0.5, 0.6) is 0 Å². The van der Waals surface area contributed by atoms with Crippen LogP contribution in [0.25, 0.3) is 0 Å². The minimum absolute atomic E-state index is 0.301. The van der Waals surface area contributed by atoms with Gasteiger partial charge in [0.25, 0.3) is 0 Å². The highest BCUT2D eigenvalue weighted by Crippen LogP contribution is 2.07. The fraction of sp³-hybridized carbons (Fsp3) is 0.333. The number of carbonyl (C=O) groups is 2. The van der Waals surface area contributed by atoms with Crippen molar-refractivity contribution in [3.05, 3.63) is 60.2 Å². The van der Waals surface area contributed by atoms with Gasteiger partial charge in [0, 0.05) is 30.8 Å². The molecule has 1 aromatic rings. The molecule has 0 unspecified atom stereocenters. The summed E-state index contributed by atoms with van der Waals surface area (Å²) in [6.45, 7) is 8.71. The Labute approximate surface area is 137 Å². The quantitative estimate of drug-likeness (QED) is 0.515. The molecular weight excluding hydrogens is 294 g/mol. The first-order chi connectivity index (χ1) is 11.0. The highest BCUT2D eigenvalue weighted by atomic mass is 16.5. The summed E-state index contributed by atoms with van der Waals surface area (Å²) in [5.41, 5.74) is 1.83. The summed E-state index contributed by atoms with van der Waals surface area (Å²) in [5, 5.41) is 0. The summed E-state index contributed by atoms with van der Waals surface area (Å²) in [4.78, 5) is 25.0. The third-order valence-corrected chi connectivity index (χ3v) is 3.34. The van der Waals surface area contributed by atoms with Crippen LogP contribution in [0, 0.1) is 0 Å². The van der Waals surface area contributed by atoms with Crippen molar-refractivity contribution in [2.45, 2.75) is 6.42 Å². The zero-order valence-corrected chi connectivity index (χ0v) is 13.7. The van der Waals surface area contributed by atoms with Gasteiger partial charge in [0.1, 0.15) is 0 Å². The van der Waals surface area contributed by atoms with E-state index >= 15 is 0 Å². The van der Waals surface area contributed by atoms with Crippen LogP contribution >= 0.6 is 0 Å². The minimum atomic E-state index is -0.460. The zero-order valence-electron chi connectivity index (χ0n) is 13.7. The van der Waals surface area contributed by atoms with Gasteiger partial charge in [0.05, 0.1) is 14.2 Å². The number of benzene rings is 1. The van der Waals surface area contributed by atoms with Crippen molar-refractivity contribution in [2.75, 3.05) is 33.9 Å². The van der Waals surface area contributed by atoms with E-state index in [-0.39, 0.29) is 0 Å². The first-order valence-corrected chi connectivity index (χ1v) is 7.26. The number of ether oxygens (including phenoxy) is 2. The van der Waals surface area contributed by atoms with Crippen LogP contribution in [-0.4, -0.2) is 50.7 Å². The fourth-order valence-corrected chi connectivity index (χ4v) is 2.10. The second-order valence-corrected chi connectivity index (χ2v) is 5.14. The number of hydrogen-bond acceptors (Lipinski definition) is 5. The molecule has 0 heterocycles. The van der Waals surface area contributed by atoms with Gasteiger partial charge in [-0.1, -0.05) is 43.5 Å². The number of hydrogen-bond donors (Lipinski definition) is 0. The van der Waals surface area contributed by atoms with Crippen molar-refractivity contribution >= 4 is 11.9 Å². The molecule has 0 bridgehead atoms. The van der Waals surface area contributed by atoms with Crippen molar-refractivity contribution in [1.82, 2.24) is 4.90 Å². The SMILES string of the molecule is C=C(CN(CCc1ccccc1)CC(=C)C(=O)OC)C(=O)OC. The maximum Gasteiger partial charge on any atom is 0.334 e. The molecule has 0 aliphatic heterocycles. The van der Waals surface area contributed by atoms with Gasteiger partial charge < -0.3 is 9.47 Å². The van der Waals surface area contributed by atoms with Gasteiger partial charge in [-0.2, -0.15) is 0 Å². The van der Waals surface area contributed by atoms with E-state index in [4.69, 9.17) is 0 Å². The van der Waals surface area contributed by atoms with E-state index in [0.29, 0.717) is 30.8 Å². The van der Waals surface area contributed by atoms with Gasteiger partial charge in [-0.05, 0) is 12.0 Å². The van der Waals surface area contributed by atoms with Crippen LogP contribution in [0.15, 0.2) is 54.6 Å². The lowest BCUT2D eigenvalue weighted by molar-refractivity contribution is -0.136. The summed E-state index contributed by atoms with van der Waals surface area (Å²) < 4.78 is 9.34. The molecule has 0 aromatic heterocycles. The van der Waals surface area contributed by atoms with E-state index in [9.17, 15) is 9.59 Å². The monoisotopic (exact) mass is 317 g/mol. The van der Waals surface area contributed by atoms with Crippen molar-refractivity contribution in [2.24, 2.45) is 0 Å². The molecule has 1 rings (SSSR count). The van der Waals surface area contributed by atoms with E-state index in [2.05, 4.69) is 22.6 Å². The molecule has 0 saturated heterocycles. The Morgan fingerprint density at radius 1 is 0.957 bits per heavy atom. The Balaban J connectivity index is 2.70. The largest absolute Gasteiger partial charge is 0.466 e. The molecule has 0 spiro atoms. The first-order valence-electron chi connectivity index (χ1n) is 7.26. The smallest absolute Gasteiger partial charge is 0.334 e. The van der Waals surface area contributed by atoms with Gasteiger partial charge in [-0.25, -0.2) is 9.59 Å². The molecule has 0 aliphatic rings. The Morgan fingerprint density at radius 2 is 1.43 bits per heavy atom. The molecule has 0 N–H and O–H groups in total. The number of methoxy groups -OCH3 is 2. The second-order valence-electron chi connectivity index (χ2n) is 5.14. The van der Waals surface area contributed by atoms with Gasteiger partial charge in [0.15, 0.2) is 0 Å². The van der Waals surface area contributed by atoms with E-state index in [1.165, 1.54) is 19.8 Å². The second kappa shape index (κ2) is 9.58. The van der Waals surface area contributed by atoms with Crippen LogP contribution in [0.2, 0.25) is 0 Å². The Kier molecular flexibility index (Phi) is 7.77. The number of carbonyl (C=O) groups excluding carboxylic acids is 2. The molecular formula is C18H23NO4. The predicted octanol–water partition coefficient (Wildman–Crippen LogP) is 1.99. The third-order valence-electron chi connectivity index (χ3n) is 3.34. The molecule has 0 radical (unpaired) electrons. The van der Waals surface area contributed by atoms with Gasteiger partial charge in [-0.15, -0.1) is 0 Å². The van der Waals surface area contributed by atoms with Crippen molar-refractivity contribution in [3.8, 4) is 0 Å². The predicted molar refractivity (Wildman–Crippen MR) is 88.9 cm³/mol. The van der Waals surface area contributed by atoms with Crippen molar-refractivity contribution in [1.29, 1.82) is 0 Å². The summed E-state index contributed by atoms with van der Waals surface area (Å²) in [5.74, 6) is -0.920. The summed E-state index contributed by atoms with van der Waals surface area (Å²) in [6, 6.07) is 9.96. The average molecular weight is 317 g/mol. The van der Waals surface area contributed by atoms with Gasteiger partial charge in [0.2, 0.25) is 0 Å². The number of rotatable bonds is 9. The molecule has 5 nitrogen and oxygen atoms in total. The van der Waals surface area contributed by atoms with E-state index in [1.54, 1.807) is 0 Å². The van der Waals surface area contributed by atoms with Crippen molar-refractivity contribution in [3.63, 3.8) is 0 Å². The Hall–Kier alpha value is -2.40. The van der Waals surface area contributed by atoms with E-state index in [1.807, 2.05) is 35.2 Å².